The number of carboxylic acid groups (broad SMARTS) is 1. The summed E-state index contributed by atoms with van der Waals surface area (Å²) in [5, 5.41) is 8.76. The summed E-state index contributed by atoms with van der Waals surface area (Å²) in [4.78, 5) is 14.6. The van der Waals surface area contributed by atoms with E-state index in [2.05, 4.69) is 20.9 Å². The molecular formula is C11H8BrNO4. The maximum absolute atomic E-state index is 10.7. The van der Waals surface area contributed by atoms with Gasteiger partial charge in [-0.05, 0) is 34.1 Å². The van der Waals surface area contributed by atoms with Crippen molar-refractivity contribution >= 4 is 21.9 Å². The molecule has 0 radical (unpaired) electrons. The maximum Gasteiger partial charge on any atom is 0.357 e. The predicted molar refractivity (Wildman–Crippen MR) is 63.2 cm³/mol. The quantitative estimate of drug-likeness (QED) is 0.943. The molecule has 0 aliphatic carbocycles. The van der Waals surface area contributed by atoms with E-state index in [-0.39, 0.29) is 11.6 Å². The Bertz CT molecular complexity index is 564. The van der Waals surface area contributed by atoms with Gasteiger partial charge in [0, 0.05) is 4.47 Å². The lowest BCUT2D eigenvalue weighted by molar-refractivity contribution is 0.0690. The summed E-state index contributed by atoms with van der Waals surface area (Å²) < 4.78 is 10.9. The number of ether oxygens (including phenoxy) is 1. The second kappa shape index (κ2) is 4.58. The van der Waals surface area contributed by atoms with Crippen LogP contribution in [0.2, 0.25) is 0 Å². The number of methoxy groups -OCH3 is 1. The van der Waals surface area contributed by atoms with Gasteiger partial charge in [0.05, 0.1) is 12.7 Å². The van der Waals surface area contributed by atoms with Crippen LogP contribution in [0.15, 0.2) is 33.4 Å². The van der Waals surface area contributed by atoms with Crippen molar-refractivity contribution in [3.8, 4) is 17.2 Å². The number of aromatic carboxylic acids is 1. The highest BCUT2D eigenvalue weighted by Gasteiger charge is 2.14. The largest absolute Gasteiger partial charge is 0.497 e. The van der Waals surface area contributed by atoms with Crippen molar-refractivity contribution in [3.05, 3.63) is 34.6 Å². The molecule has 88 valence electrons. The highest BCUT2D eigenvalue weighted by molar-refractivity contribution is 9.10. The van der Waals surface area contributed by atoms with Gasteiger partial charge in [-0.1, -0.05) is 0 Å². The fourth-order valence-electron chi connectivity index (χ4n) is 1.29. The Balaban J connectivity index is 2.47. The van der Waals surface area contributed by atoms with E-state index < -0.39 is 5.97 Å². The van der Waals surface area contributed by atoms with Crippen LogP contribution < -0.4 is 4.74 Å². The summed E-state index contributed by atoms with van der Waals surface area (Å²) in [5.41, 5.74) is 0.506. The third kappa shape index (κ3) is 2.31. The second-order valence-electron chi connectivity index (χ2n) is 3.19. The second-order valence-corrected chi connectivity index (χ2v) is 4.04. The molecule has 1 aromatic carbocycles. The Morgan fingerprint density at radius 2 is 2.29 bits per heavy atom. The van der Waals surface area contributed by atoms with Crippen molar-refractivity contribution in [3.63, 3.8) is 0 Å². The number of carbonyl (C=O) groups is 1. The molecular weight excluding hydrogens is 290 g/mol. The number of nitrogens with zero attached hydrogens (tertiary/aromatic N) is 1. The van der Waals surface area contributed by atoms with E-state index in [0.717, 1.165) is 10.7 Å². The molecule has 0 spiro atoms. The van der Waals surface area contributed by atoms with Gasteiger partial charge in [-0.15, -0.1) is 0 Å². The molecule has 0 saturated carbocycles. The van der Waals surface area contributed by atoms with Gasteiger partial charge in [0.1, 0.15) is 12.0 Å². The summed E-state index contributed by atoms with van der Waals surface area (Å²) in [6.45, 7) is 0. The molecule has 1 heterocycles. The number of hydrogen-bond acceptors (Lipinski definition) is 4. The van der Waals surface area contributed by atoms with Crippen LogP contribution in [0.3, 0.4) is 0 Å². The van der Waals surface area contributed by atoms with E-state index >= 15 is 0 Å². The van der Waals surface area contributed by atoms with Gasteiger partial charge < -0.3 is 14.3 Å². The molecule has 0 amide bonds. The van der Waals surface area contributed by atoms with Crippen LogP contribution in [0, 0.1) is 0 Å². The van der Waals surface area contributed by atoms with E-state index in [0.29, 0.717) is 11.3 Å². The van der Waals surface area contributed by atoms with Crippen LogP contribution in [0.25, 0.3) is 11.5 Å². The number of benzene rings is 1. The molecule has 17 heavy (non-hydrogen) atoms. The Kier molecular flexibility index (Phi) is 3.14. The zero-order chi connectivity index (χ0) is 12.4. The number of carboxylic acids is 1. The van der Waals surface area contributed by atoms with Crippen molar-refractivity contribution in [1.82, 2.24) is 4.98 Å². The lowest BCUT2D eigenvalue weighted by Gasteiger charge is -2.03. The third-order valence-corrected chi connectivity index (χ3v) is 2.82. The fraction of sp³-hybridized carbons (Fsp3) is 0.0909. The van der Waals surface area contributed by atoms with Crippen LogP contribution in [-0.2, 0) is 0 Å². The van der Waals surface area contributed by atoms with Gasteiger partial charge >= 0.3 is 5.97 Å². The van der Waals surface area contributed by atoms with Crippen molar-refractivity contribution in [1.29, 1.82) is 0 Å². The lowest BCUT2D eigenvalue weighted by atomic mass is 10.2. The van der Waals surface area contributed by atoms with Crippen LogP contribution in [0.1, 0.15) is 10.5 Å². The molecule has 1 aromatic heterocycles. The van der Waals surface area contributed by atoms with Gasteiger partial charge in [0.25, 0.3) is 0 Å². The Labute approximate surface area is 105 Å². The van der Waals surface area contributed by atoms with Gasteiger partial charge in [0.15, 0.2) is 5.69 Å². The lowest BCUT2D eigenvalue weighted by Crippen LogP contribution is -1.95. The Hall–Kier alpha value is -1.82. The summed E-state index contributed by atoms with van der Waals surface area (Å²) in [6, 6.07) is 5.26. The number of rotatable bonds is 3. The molecule has 0 bridgehead atoms. The highest BCUT2D eigenvalue weighted by Crippen LogP contribution is 2.31. The predicted octanol–water partition coefficient (Wildman–Crippen LogP) is 2.81. The van der Waals surface area contributed by atoms with E-state index in [4.69, 9.17) is 14.3 Å². The number of aromatic nitrogens is 1. The fourth-order valence-corrected chi connectivity index (χ4v) is 1.71. The van der Waals surface area contributed by atoms with Gasteiger partial charge in [-0.25, -0.2) is 9.78 Å². The van der Waals surface area contributed by atoms with Crippen LogP contribution in [0.4, 0.5) is 0 Å². The maximum atomic E-state index is 10.7. The minimum absolute atomic E-state index is 0.130. The highest BCUT2D eigenvalue weighted by atomic mass is 79.9. The van der Waals surface area contributed by atoms with E-state index in [1.165, 1.54) is 0 Å². The zero-order valence-electron chi connectivity index (χ0n) is 8.81. The molecule has 0 saturated heterocycles. The van der Waals surface area contributed by atoms with Crippen LogP contribution >= 0.6 is 15.9 Å². The average Bonchev–Trinajstić information content (AvgIpc) is 2.79. The molecule has 5 nitrogen and oxygen atoms in total. The topological polar surface area (TPSA) is 72.6 Å². The molecule has 0 atom stereocenters. The average molecular weight is 298 g/mol. The molecule has 2 rings (SSSR count). The molecule has 1 N–H and O–H groups in total. The molecule has 2 aromatic rings. The summed E-state index contributed by atoms with van der Waals surface area (Å²) in [6.07, 6.45) is 1.10. The van der Waals surface area contributed by atoms with Gasteiger partial charge in [-0.2, -0.15) is 0 Å². The standard InChI is InChI=1S/C11H8BrNO4/c1-16-6-2-3-8(12)7(4-6)10-13-9(5-17-10)11(14)15/h2-5H,1H3,(H,14,15). The molecule has 0 fully saturated rings. The number of oxazole rings is 1. The van der Waals surface area contributed by atoms with E-state index in [1.54, 1.807) is 25.3 Å². The monoisotopic (exact) mass is 297 g/mol. The van der Waals surface area contributed by atoms with Crippen molar-refractivity contribution < 1.29 is 19.1 Å². The molecule has 0 unspecified atom stereocenters. The summed E-state index contributed by atoms with van der Waals surface area (Å²) >= 11 is 3.34. The molecule has 6 heteroatoms. The first-order chi connectivity index (χ1) is 8.11. The number of hydrogen-bond donors (Lipinski definition) is 1. The Morgan fingerprint density at radius 1 is 1.53 bits per heavy atom. The van der Waals surface area contributed by atoms with Crippen LogP contribution in [-0.4, -0.2) is 23.2 Å². The number of halogens is 1. The van der Waals surface area contributed by atoms with Crippen LogP contribution in [0.5, 0.6) is 5.75 Å². The minimum atomic E-state index is -1.13. The van der Waals surface area contributed by atoms with Crippen molar-refractivity contribution in [2.75, 3.05) is 7.11 Å². The summed E-state index contributed by atoms with van der Waals surface area (Å²) in [7, 11) is 1.55. The first kappa shape index (κ1) is 11.7. The van der Waals surface area contributed by atoms with Gasteiger partial charge in [0.2, 0.25) is 5.89 Å². The van der Waals surface area contributed by atoms with Crippen molar-refractivity contribution in [2.45, 2.75) is 0 Å². The minimum Gasteiger partial charge on any atom is -0.497 e. The smallest absolute Gasteiger partial charge is 0.357 e. The molecule has 0 aliphatic heterocycles. The Morgan fingerprint density at radius 3 is 2.88 bits per heavy atom. The first-order valence-corrected chi connectivity index (χ1v) is 5.44. The van der Waals surface area contributed by atoms with E-state index in [9.17, 15) is 4.79 Å². The SMILES string of the molecule is COc1ccc(Br)c(-c2nc(C(=O)O)co2)c1. The normalized spacial score (nSPS) is 10.2. The summed E-state index contributed by atoms with van der Waals surface area (Å²) in [5.74, 6) is -0.259. The van der Waals surface area contributed by atoms with E-state index in [1.807, 2.05) is 0 Å². The molecule has 0 aliphatic rings. The third-order valence-electron chi connectivity index (χ3n) is 2.13. The van der Waals surface area contributed by atoms with Crippen molar-refractivity contribution in [2.24, 2.45) is 0 Å². The zero-order valence-corrected chi connectivity index (χ0v) is 10.4. The first-order valence-electron chi connectivity index (χ1n) is 4.64. The van der Waals surface area contributed by atoms with Gasteiger partial charge in [-0.3, -0.25) is 0 Å².